The van der Waals surface area contributed by atoms with Crippen LogP contribution in [0.25, 0.3) is 0 Å². The van der Waals surface area contributed by atoms with Gasteiger partial charge in [0.25, 0.3) is 10.2 Å². The first-order valence-electron chi connectivity index (χ1n) is 6.00. The zero-order valence-corrected chi connectivity index (χ0v) is 12.0. The van der Waals surface area contributed by atoms with Gasteiger partial charge < -0.3 is 10.2 Å². The Morgan fingerprint density at radius 2 is 1.78 bits per heavy atom. The third-order valence-electron chi connectivity index (χ3n) is 3.04. The van der Waals surface area contributed by atoms with Gasteiger partial charge in [-0.1, -0.05) is 6.92 Å². The molecule has 8 heteroatoms. The van der Waals surface area contributed by atoms with Crippen LogP contribution in [0.1, 0.15) is 20.8 Å². The third-order valence-corrected chi connectivity index (χ3v) is 4.12. The third kappa shape index (κ3) is 3.64. The quantitative estimate of drug-likeness (QED) is 0.669. The molecule has 1 aliphatic heterocycles. The van der Waals surface area contributed by atoms with E-state index < -0.39 is 15.7 Å². The van der Waals surface area contributed by atoms with Crippen molar-refractivity contribution in [3.8, 4) is 0 Å². The van der Waals surface area contributed by atoms with Gasteiger partial charge in [0.15, 0.2) is 0 Å². The van der Waals surface area contributed by atoms with Crippen LogP contribution in [0.2, 0.25) is 0 Å². The van der Waals surface area contributed by atoms with Crippen LogP contribution in [0, 0.1) is 0 Å². The zero-order chi connectivity index (χ0) is 14.0. The van der Waals surface area contributed by atoms with Gasteiger partial charge in [0.1, 0.15) is 0 Å². The lowest BCUT2D eigenvalue weighted by Crippen LogP contribution is -2.59. The molecule has 7 nitrogen and oxygen atoms in total. The van der Waals surface area contributed by atoms with Crippen LogP contribution in [0.5, 0.6) is 0 Å². The van der Waals surface area contributed by atoms with Gasteiger partial charge in [-0.15, -0.1) is 0 Å². The zero-order valence-electron chi connectivity index (χ0n) is 11.1. The fraction of sp³-hybridized carbons (Fsp3) is 0.900. The van der Waals surface area contributed by atoms with Crippen LogP contribution in [0.3, 0.4) is 0 Å². The molecule has 106 valence electrons. The normalized spacial score (nSPS) is 19.0. The summed E-state index contributed by atoms with van der Waals surface area (Å²) in [5.74, 6) is -0.0154. The van der Waals surface area contributed by atoms with Crippen molar-refractivity contribution >= 4 is 16.1 Å². The first-order valence-corrected chi connectivity index (χ1v) is 7.51. The fourth-order valence-corrected chi connectivity index (χ4v) is 2.73. The number of hydrogen-bond acceptors (Lipinski definition) is 4. The first-order chi connectivity index (χ1) is 8.18. The maximum atomic E-state index is 12.2. The minimum Gasteiger partial charge on any atom is -0.338 e. The van der Waals surface area contributed by atoms with Crippen LogP contribution in [-0.2, 0) is 15.0 Å². The number of nitrogens with two attached hydrogens (primary N) is 1. The molecule has 1 aliphatic rings. The van der Waals surface area contributed by atoms with Gasteiger partial charge in [0.05, 0.1) is 5.54 Å². The van der Waals surface area contributed by atoms with E-state index in [9.17, 15) is 13.2 Å². The average Bonchev–Trinajstić information content (AvgIpc) is 2.27. The largest absolute Gasteiger partial charge is 0.338 e. The van der Waals surface area contributed by atoms with Crippen molar-refractivity contribution < 1.29 is 13.2 Å². The highest BCUT2D eigenvalue weighted by Gasteiger charge is 2.34. The van der Waals surface area contributed by atoms with E-state index in [4.69, 9.17) is 5.14 Å². The molecule has 0 radical (unpaired) electrons. The predicted molar refractivity (Wildman–Crippen MR) is 69.0 cm³/mol. The second kappa shape index (κ2) is 5.52. The number of rotatable bonds is 4. The van der Waals surface area contributed by atoms with E-state index in [1.165, 1.54) is 4.31 Å². The number of carbonyl (C=O) groups is 1. The standard InChI is InChI=1S/C10H22N4O3S/c1-4-12-10(2,3)9(15)13-5-7-14(8-6-13)18(11,16)17/h12H,4-8H2,1-3H3,(H2,11,16,17). The highest BCUT2D eigenvalue weighted by atomic mass is 32.2. The van der Waals surface area contributed by atoms with Crippen molar-refractivity contribution in [1.82, 2.24) is 14.5 Å². The Bertz CT molecular complexity index is 399. The summed E-state index contributed by atoms with van der Waals surface area (Å²) >= 11 is 0. The van der Waals surface area contributed by atoms with Crippen molar-refractivity contribution in [1.29, 1.82) is 0 Å². The monoisotopic (exact) mass is 278 g/mol. The molecule has 1 fully saturated rings. The van der Waals surface area contributed by atoms with Crippen molar-refractivity contribution in [3.05, 3.63) is 0 Å². The molecule has 0 aromatic heterocycles. The lowest BCUT2D eigenvalue weighted by atomic mass is 10.0. The molecule has 0 unspecified atom stereocenters. The Labute approximate surface area is 108 Å². The maximum absolute atomic E-state index is 12.2. The van der Waals surface area contributed by atoms with Gasteiger partial charge in [-0.3, -0.25) is 4.79 Å². The minimum absolute atomic E-state index is 0.0154. The Hall–Kier alpha value is -0.700. The number of nitrogens with one attached hydrogen (secondary N) is 1. The van der Waals surface area contributed by atoms with E-state index in [1.807, 2.05) is 20.8 Å². The summed E-state index contributed by atoms with van der Waals surface area (Å²) < 4.78 is 23.5. The molecule has 0 spiro atoms. The smallest absolute Gasteiger partial charge is 0.277 e. The fourth-order valence-electron chi connectivity index (χ4n) is 2.06. The van der Waals surface area contributed by atoms with Gasteiger partial charge in [-0.2, -0.15) is 12.7 Å². The highest BCUT2D eigenvalue weighted by molar-refractivity contribution is 7.86. The van der Waals surface area contributed by atoms with Crippen LogP contribution < -0.4 is 10.5 Å². The summed E-state index contributed by atoms with van der Waals surface area (Å²) in [6, 6.07) is 0. The SMILES string of the molecule is CCNC(C)(C)C(=O)N1CCN(S(N)(=O)=O)CC1. The molecule has 0 saturated carbocycles. The molecule has 0 atom stereocenters. The second-order valence-electron chi connectivity index (χ2n) is 4.89. The van der Waals surface area contributed by atoms with Crippen LogP contribution >= 0.6 is 0 Å². The van der Waals surface area contributed by atoms with Gasteiger partial charge in [-0.05, 0) is 20.4 Å². The lowest BCUT2D eigenvalue weighted by Gasteiger charge is -2.37. The molecule has 0 aromatic carbocycles. The summed E-state index contributed by atoms with van der Waals surface area (Å²) in [5, 5.41) is 8.16. The molecule has 3 N–H and O–H groups in total. The van der Waals surface area contributed by atoms with Crippen LogP contribution in [0.4, 0.5) is 0 Å². The number of piperazine rings is 1. The van der Waals surface area contributed by atoms with Crippen molar-refractivity contribution in [2.45, 2.75) is 26.3 Å². The molecule has 0 bridgehead atoms. The van der Waals surface area contributed by atoms with E-state index in [2.05, 4.69) is 5.32 Å². The Balaban J connectivity index is 2.61. The minimum atomic E-state index is -3.64. The van der Waals surface area contributed by atoms with E-state index in [0.29, 0.717) is 19.6 Å². The van der Waals surface area contributed by atoms with E-state index in [1.54, 1.807) is 4.90 Å². The van der Waals surface area contributed by atoms with Gasteiger partial charge >= 0.3 is 0 Å². The molecule has 1 heterocycles. The molecule has 0 aliphatic carbocycles. The van der Waals surface area contributed by atoms with Crippen molar-refractivity contribution in [2.75, 3.05) is 32.7 Å². The predicted octanol–water partition coefficient (Wildman–Crippen LogP) is -1.28. The molecular weight excluding hydrogens is 256 g/mol. The molecule has 0 aromatic rings. The maximum Gasteiger partial charge on any atom is 0.277 e. The molecule has 1 amide bonds. The van der Waals surface area contributed by atoms with Crippen molar-refractivity contribution in [2.24, 2.45) is 5.14 Å². The van der Waals surface area contributed by atoms with Gasteiger partial charge in [-0.25, -0.2) is 5.14 Å². The number of hydrogen-bond donors (Lipinski definition) is 2. The van der Waals surface area contributed by atoms with Crippen molar-refractivity contribution in [3.63, 3.8) is 0 Å². The molecule has 1 saturated heterocycles. The van der Waals surface area contributed by atoms with Crippen LogP contribution in [0.15, 0.2) is 0 Å². The highest BCUT2D eigenvalue weighted by Crippen LogP contribution is 2.12. The molecule has 18 heavy (non-hydrogen) atoms. The summed E-state index contributed by atoms with van der Waals surface area (Å²) in [4.78, 5) is 13.9. The first kappa shape index (κ1) is 15.4. The number of amides is 1. The number of likely N-dealkylation sites (N-methyl/N-ethyl adjacent to an activating group) is 1. The van der Waals surface area contributed by atoms with E-state index in [0.717, 1.165) is 0 Å². The summed E-state index contributed by atoms with van der Waals surface area (Å²) in [7, 11) is -3.64. The number of nitrogens with zero attached hydrogens (tertiary/aromatic N) is 2. The molecule has 1 rings (SSSR count). The van der Waals surface area contributed by atoms with Gasteiger partial charge in [0.2, 0.25) is 5.91 Å². The van der Waals surface area contributed by atoms with E-state index >= 15 is 0 Å². The summed E-state index contributed by atoms with van der Waals surface area (Å²) in [6.45, 7) is 7.56. The topological polar surface area (TPSA) is 95.7 Å². The Morgan fingerprint density at radius 1 is 1.28 bits per heavy atom. The summed E-state index contributed by atoms with van der Waals surface area (Å²) in [6.07, 6.45) is 0. The van der Waals surface area contributed by atoms with E-state index in [-0.39, 0.29) is 19.0 Å². The average molecular weight is 278 g/mol. The number of carbonyl (C=O) groups excluding carboxylic acids is 1. The second-order valence-corrected chi connectivity index (χ2v) is 6.44. The van der Waals surface area contributed by atoms with Gasteiger partial charge in [0, 0.05) is 26.2 Å². The Morgan fingerprint density at radius 3 is 2.17 bits per heavy atom. The summed E-state index contributed by atoms with van der Waals surface area (Å²) in [5.41, 5.74) is -0.626. The molecular formula is C10H22N4O3S. The Kier molecular flexibility index (Phi) is 4.71. The lowest BCUT2D eigenvalue weighted by molar-refractivity contribution is -0.138. The van der Waals surface area contributed by atoms with Crippen LogP contribution in [-0.4, -0.2) is 61.8 Å².